The largest absolute Gasteiger partial charge is 0.388 e. The molecule has 6 bridgehead atoms. The number of fused-ring (bicyclic) bond motifs is 6. The number of rotatable bonds is 13. The highest BCUT2D eigenvalue weighted by molar-refractivity contribution is 7.89. The molecule has 1 aliphatic rings. The third-order valence-corrected chi connectivity index (χ3v) is 15.0. The lowest BCUT2D eigenvalue weighted by atomic mass is 10.1. The maximum Gasteiger partial charge on any atom is 0.214 e. The molecule has 0 radical (unpaired) electrons. The van der Waals surface area contributed by atoms with Crippen LogP contribution in [0.2, 0.25) is 0 Å². The van der Waals surface area contributed by atoms with Gasteiger partial charge in [-0.05, 0) is 95.0 Å². The fourth-order valence-corrected chi connectivity index (χ4v) is 11.2. The highest BCUT2D eigenvalue weighted by Crippen LogP contribution is 2.28. The summed E-state index contributed by atoms with van der Waals surface area (Å²) in [7, 11) is -5.85. The molecule has 0 fully saturated rings. The third kappa shape index (κ3) is 15.2. The van der Waals surface area contributed by atoms with Crippen molar-refractivity contribution in [2.75, 3.05) is 54.4 Å². The molecule has 3 aromatic carbocycles. The number of nitrogens with one attached hydrogen (secondary N) is 3. The molecule has 0 unspecified atom stereocenters. The highest BCUT2D eigenvalue weighted by Gasteiger charge is 2.28. The van der Waals surface area contributed by atoms with Crippen molar-refractivity contribution >= 4 is 47.1 Å². The summed E-state index contributed by atoms with van der Waals surface area (Å²) in [5.41, 5.74) is 6.52. The van der Waals surface area contributed by atoms with Gasteiger partial charge in [0.15, 0.2) is 0 Å². The van der Waals surface area contributed by atoms with Gasteiger partial charge in [-0.3, -0.25) is 0 Å². The van der Waals surface area contributed by atoms with Gasteiger partial charge in [-0.15, -0.1) is 0 Å². The quantitative estimate of drug-likeness (QED) is 0.156. The molecule has 0 aromatic heterocycles. The second-order valence-corrected chi connectivity index (χ2v) is 20.6. The number of benzene rings is 3. The van der Waals surface area contributed by atoms with E-state index in [0.717, 1.165) is 28.2 Å². The maximum atomic E-state index is 14.1. The minimum atomic E-state index is -3.76. The van der Waals surface area contributed by atoms with Crippen LogP contribution in [0, 0.1) is 5.92 Å². The summed E-state index contributed by atoms with van der Waals surface area (Å²) in [6, 6.07) is 17.0. The Morgan fingerprint density at radius 1 is 0.456 bits per heavy atom. The van der Waals surface area contributed by atoms with Crippen molar-refractivity contribution in [3.8, 4) is 0 Å². The Morgan fingerprint density at radius 2 is 0.684 bits per heavy atom. The molecule has 3 aromatic rings. The van der Waals surface area contributed by atoms with Crippen molar-refractivity contribution in [1.29, 1.82) is 0 Å². The van der Waals surface area contributed by atoms with E-state index in [1.807, 2.05) is 110 Å². The normalized spacial score (nSPS) is 14.9. The van der Waals surface area contributed by atoms with Crippen LogP contribution in [-0.4, -0.2) is 76.6 Å². The molecular weight excluding hydrogens is 781 g/mol. The number of anilines is 3. The minimum Gasteiger partial charge on any atom is -0.388 e. The summed E-state index contributed by atoms with van der Waals surface area (Å²) in [6.07, 6.45) is 1.36. The van der Waals surface area contributed by atoms with Crippen LogP contribution in [0.25, 0.3) is 0 Å². The van der Waals surface area contributed by atoms with Crippen molar-refractivity contribution < 1.29 is 25.3 Å². The first-order chi connectivity index (χ1) is 27.0. The SMILES string of the molecule is CC.CC.CCCS(=O)(=O)N1Cc2cc(cc(NC)c2)CN(S(=O)(=O)CCC)Cc2cc(cc(NC)c2)CN(S(=O)(=O)CCC(C)C)Cc2cc(cc(NC)c2)C1. The van der Waals surface area contributed by atoms with E-state index in [1.165, 1.54) is 12.9 Å². The molecule has 0 atom stereocenters. The van der Waals surface area contributed by atoms with Crippen LogP contribution in [0.15, 0.2) is 54.6 Å². The van der Waals surface area contributed by atoms with E-state index in [2.05, 4.69) is 16.0 Å². The van der Waals surface area contributed by atoms with Crippen LogP contribution in [0.5, 0.6) is 0 Å². The zero-order valence-corrected chi connectivity index (χ0v) is 38.7. The molecule has 1 aliphatic heterocycles. The van der Waals surface area contributed by atoms with Crippen LogP contribution in [-0.2, 0) is 69.3 Å². The minimum absolute atomic E-state index is 0.0275. The monoisotopic (exact) mass is 850 g/mol. The Bertz CT molecular complexity index is 1920. The van der Waals surface area contributed by atoms with Gasteiger partial charge < -0.3 is 16.0 Å². The lowest BCUT2D eigenvalue weighted by Crippen LogP contribution is -2.34. The van der Waals surface area contributed by atoms with E-state index in [1.54, 1.807) is 21.1 Å². The topological polar surface area (TPSA) is 148 Å². The van der Waals surface area contributed by atoms with E-state index in [9.17, 15) is 25.3 Å². The van der Waals surface area contributed by atoms with Crippen molar-refractivity contribution in [2.45, 2.75) is 114 Å². The average molecular weight is 851 g/mol. The molecule has 12 nitrogen and oxygen atoms in total. The summed E-state index contributed by atoms with van der Waals surface area (Å²) in [5.74, 6) is 0.0720. The molecule has 322 valence electrons. The van der Waals surface area contributed by atoms with Crippen LogP contribution in [0.4, 0.5) is 17.1 Å². The summed E-state index contributed by atoms with van der Waals surface area (Å²) in [5, 5.41) is 9.52. The van der Waals surface area contributed by atoms with Gasteiger partial charge >= 0.3 is 0 Å². The number of sulfonamides is 3. The second-order valence-electron chi connectivity index (χ2n) is 14.3. The van der Waals surface area contributed by atoms with Crippen LogP contribution < -0.4 is 16.0 Å². The van der Waals surface area contributed by atoms with Crippen LogP contribution in [0.1, 0.15) is 108 Å². The first-order valence-electron chi connectivity index (χ1n) is 20.4. The molecule has 57 heavy (non-hydrogen) atoms. The first kappa shape index (κ1) is 49.9. The van der Waals surface area contributed by atoms with Crippen LogP contribution in [0.3, 0.4) is 0 Å². The van der Waals surface area contributed by atoms with Gasteiger partial charge in [-0.2, -0.15) is 12.9 Å². The number of hydrogen-bond donors (Lipinski definition) is 3. The molecule has 0 spiro atoms. The average Bonchev–Trinajstić information content (AvgIpc) is 3.17. The Morgan fingerprint density at radius 3 is 0.877 bits per heavy atom. The van der Waals surface area contributed by atoms with E-state index in [4.69, 9.17) is 0 Å². The lowest BCUT2D eigenvalue weighted by Gasteiger charge is -2.27. The zero-order valence-electron chi connectivity index (χ0n) is 36.3. The molecule has 0 amide bonds. The zero-order chi connectivity index (χ0) is 43.0. The van der Waals surface area contributed by atoms with Gasteiger partial charge in [-0.1, -0.05) is 73.6 Å². The standard InChI is InChI=1S/C38H58N6O6S3.2C2H6/c1-8-11-51(45,46)42-23-30-14-31(18-36(17-30)39-5)24-43(52(47,48)12-9-2)26-33-16-35(22-38(20-33)41-7)28-44(53(49,50)13-10-29(3)4)27-34-15-32(25-42)19-37(21-34)40-6;2*1-2/h14-22,29,39-41H,8-13,23-28H2,1-7H3;2*1-2H3. The molecule has 0 saturated carbocycles. The fraction of sp³-hybridized carbons (Fsp3) is 0.571. The van der Waals surface area contributed by atoms with Gasteiger partial charge in [0, 0.05) is 77.5 Å². The summed E-state index contributed by atoms with van der Waals surface area (Å²) in [4.78, 5) is 0. The fourth-order valence-electron chi connectivity index (χ4n) is 6.54. The highest BCUT2D eigenvalue weighted by atomic mass is 32.2. The van der Waals surface area contributed by atoms with Gasteiger partial charge in [0.2, 0.25) is 30.1 Å². The molecule has 0 aliphatic carbocycles. The van der Waals surface area contributed by atoms with Gasteiger partial charge in [0.05, 0.1) is 17.3 Å². The Balaban J connectivity index is 0.00000271. The number of nitrogens with zero attached hydrogens (tertiary/aromatic N) is 3. The number of hydrogen-bond acceptors (Lipinski definition) is 9. The third-order valence-electron chi connectivity index (χ3n) is 9.23. The molecule has 15 heteroatoms. The Hall–Kier alpha value is -3.21. The summed E-state index contributed by atoms with van der Waals surface area (Å²) in [6.45, 7) is 16.0. The molecule has 1 heterocycles. The van der Waals surface area contributed by atoms with Crippen LogP contribution >= 0.6 is 0 Å². The predicted molar refractivity (Wildman–Crippen MR) is 240 cm³/mol. The Labute approximate surface area is 346 Å². The van der Waals surface area contributed by atoms with E-state index in [-0.39, 0.29) is 62.4 Å². The molecule has 4 rings (SSSR count). The van der Waals surface area contributed by atoms with Gasteiger partial charge in [0.25, 0.3) is 0 Å². The van der Waals surface area contributed by atoms with Crippen molar-refractivity contribution in [2.24, 2.45) is 5.92 Å². The predicted octanol–water partition coefficient (Wildman–Crippen LogP) is 8.04. The van der Waals surface area contributed by atoms with Gasteiger partial charge in [-0.25, -0.2) is 25.3 Å². The maximum absolute atomic E-state index is 14.1. The molecule has 0 saturated heterocycles. The molecular formula is C42H70N6O6S3. The van der Waals surface area contributed by atoms with E-state index in [0.29, 0.717) is 41.5 Å². The van der Waals surface area contributed by atoms with Crippen molar-refractivity contribution in [1.82, 2.24) is 12.9 Å². The van der Waals surface area contributed by atoms with Gasteiger partial charge in [0.1, 0.15) is 0 Å². The summed E-state index contributed by atoms with van der Waals surface area (Å²) >= 11 is 0. The van der Waals surface area contributed by atoms with Crippen molar-refractivity contribution in [3.05, 3.63) is 88.0 Å². The molecule has 3 N–H and O–H groups in total. The van der Waals surface area contributed by atoms with E-state index >= 15 is 0 Å². The first-order valence-corrected chi connectivity index (χ1v) is 25.2. The van der Waals surface area contributed by atoms with E-state index < -0.39 is 30.1 Å². The van der Waals surface area contributed by atoms with Crippen molar-refractivity contribution in [3.63, 3.8) is 0 Å². The lowest BCUT2D eigenvalue weighted by molar-refractivity contribution is 0.390. The second kappa shape index (κ2) is 23.4. The smallest absolute Gasteiger partial charge is 0.214 e. The summed E-state index contributed by atoms with van der Waals surface area (Å²) < 4.78 is 87.9. The Kier molecular flexibility index (Phi) is 20.5.